The summed E-state index contributed by atoms with van der Waals surface area (Å²) in [6.45, 7) is 4.51. The van der Waals surface area contributed by atoms with Crippen LogP contribution in [0.5, 0.6) is 0 Å². The summed E-state index contributed by atoms with van der Waals surface area (Å²) in [5.74, 6) is -1.56. The molecule has 0 amide bonds. The molecule has 0 heterocycles. The Balaban J connectivity index is 4.45. The van der Waals surface area contributed by atoms with Crippen molar-refractivity contribution in [2.45, 2.75) is 154 Å². The van der Waals surface area contributed by atoms with Crippen LogP contribution < -0.4 is 0 Å². The smallest absolute Gasteiger partial charge is 0.362 e. The predicted molar refractivity (Wildman–Crippen MR) is 201 cm³/mol. The Morgan fingerprint density at radius 2 is 1.20 bits per heavy atom. The number of rotatable bonds is 33. The predicted octanol–water partition coefficient (Wildman–Crippen LogP) is 9.68. The second-order valence-electron chi connectivity index (χ2n) is 13.8. The molecule has 0 saturated heterocycles. The van der Waals surface area contributed by atoms with E-state index in [9.17, 15) is 19.5 Å². The number of aliphatic carboxylic acids is 1. The first kappa shape index (κ1) is 46.3. The molecule has 0 aromatic rings. The van der Waals surface area contributed by atoms with Gasteiger partial charge >= 0.3 is 17.9 Å². The van der Waals surface area contributed by atoms with E-state index in [1.54, 1.807) is 0 Å². The van der Waals surface area contributed by atoms with Crippen LogP contribution in [0, 0.1) is 0 Å². The Morgan fingerprint density at radius 1 is 0.653 bits per heavy atom. The first-order chi connectivity index (χ1) is 23.6. The van der Waals surface area contributed by atoms with Crippen LogP contribution in [-0.4, -0.2) is 80.6 Å². The Kier molecular flexibility index (Phi) is 30.7. The van der Waals surface area contributed by atoms with Gasteiger partial charge in [-0.3, -0.25) is 9.59 Å². The molecule has 0 aliphatic rings. The topological polar surface area (TPSA) is 99.1 Å². The number of likely N-dealkylation sites (N-methyl/N-ethyl adjacent to an activating group) is 1. The van der Waals surface area contributed by atoms with E-state index in [2.05, 4.69) is 62.5 Å². The van der Waals surface area contributed by atoms with Crippen molar-refractivity contribution in [3.63, 3.8) is 0 Å². The summed E-state index contributed by atoms with van der Waals surface area (Å²) < 4.78 is 17.1. The number of carboxylic acid groups (broad SMARTS) is 1. The molecule has 0 spiro atoms. The van der Waals surface area contributed by atoms with E-state index in [-0.39, 0.29) is 42.7 Å². The van der Waals surface area contributed by atoms with Gasteiger partial charge in [0.1, 0.15) is 6.61 Å². The van der Waals surface area contributed by atoms with Crippen LogP contribution in [0.25, 0.3) is 0 Å². The van der Waals surface area contributed by atoms with Crippen LogP contribution in [0.3, 0.4) is 0 Å². The molecule has 49 heavy (non-hydrogen) atoms. The molecule has 8 heteroatoms. The highest BCUT2D eigenvalue weighted by Gasteiger charge is 2.31. The van der Waals surface area contributed by atoms with Gasteiger partial charge in [0.15, 0.2) is 12.1 Å². The normalized spacial score (nSPS) is 13.6. The number of carbonyl (C=O) groups excluding carboxylic acids is 2. The molecular weight excluding hydrogens is 618 g/mol. The minimum atomic E-state index is -0.887. The molecule has 1 N–H and O–H groups in total. The van der Waals surface area contributed by atoms with Crippen molar-refractivity contribution in [1.29, 1.82) is 0 Å². The lowest BCUT2D eigenvalue weighted by atomic mass is 10.1. The summed E-state index contributed by atoms with van der Waals surface area (Å²) in [5, 5.41) is 9.57. The van der Waals surface area contributed by atoms with Crippen LogP contribution in [0.4, 0.5) is 0 Å². The first-order valence-corrected chi connectivity index (χ1v) is 19.2. The van der Waals surface area contributed by atoms with Crippen LogP contribution in [0.2, 0.25) is 0 Å². The minimum Gasteiger partial charge on any atom is -0.477 e. The van der Waals surface area contributed by atoms with Gasteiger partial charge in [0.2, 0.25) is 0 Å². The zero-order valence-electron chi connectivity index (χ0n) is 31.9. The number of carboxylic acids is 1. The Morgan fingerprint density at radius 3 is 1.84 bits per heavy atom. The molecule has 0 aliphatic carbocycles. The van der Waals surface area contributed by atoms with Crippen molar-refractivity contribution in [1.82, 2.24) is 0 Å². The maximum Gasteiger partial charge on any atom is 0.362 e. The number of carbonyl (C=O) groups is 3. The van der Waals surface area contributed by atoms with E-state index in [0.717, 1.165) is 57.8 Å². The summed E-state index contributed by atoms with van der Waals surface area (Å²) >= 11 is 0. The van der Waals surface area contributed by atoms with Crippen molar-refractivity contribution in [3.05, 3.63) is 48.6 Å². The van der Waals surface area contributed by atoms with Gasteiger partial charge in [-0.25, -0.2) is 4.79 Å². The maximum atomic E-state index is 12.6. The van der Waals surface area contributed by atoms with Gasteiger partial charge < -0.3 is 23.8 Å². The summed E-state index contributed by atoms with van der Waals surface area (Å²) in [6.07, 6.45) is 36.0. The fraction of sp³-hybridized carbons (Fsp3) is 0.732. The van der Waals surface area contributed by atoms with Gasteiger partial charge in [-0.1, -0.05) is 107 Å². The average molecular weight is 691 g/mol. The molecule has 8 nitrogen and oxygen atoms in total. The quantitative estimate of drug-likeness (QED) is 0.0241. The Hall–Kier alpha value is -2.71. The van der Waals surface area contributed by atoms with Crippen molar-refractivity contribution in [3.8, 4) is 0 Å². The number of ether oxygens (including phenoxy) is 3. The number of hydrogen-bond donors (Lipinski definition) is 1. The van der Waals surface area contributed by atoms with E-state index in [1.807, 2.05) is 21.1 Å². The Bertz CT molecular complexity index is 948. The monoisotopic (exact) mass is 691 g/mol. The first-order valence-electron chi connectivity index (χ1n) is 19.2. The largest absolute Gasteiger partial charge is 0.477 e. The second-order valence-corrected chi connectivity index (χ2v) is 13.8. The summed E-state index contributed by atoms with van der Waals surface area (Å²) in [7, 11) is 5.49. The number of hydrogen-bond acceptors (Lipinski definition) is 6. The Labute approximate surface area is 299 Å². The number of allylic oxidation sites excluding steroid dienone is 8. The highest BCUT2D eigenvalue weighted by Crippen LogP contribution is 2.12. The number of esters is 2. The third-order valence-corrected chi connectivity index (χ3v) is 8.24. The van der Waals surface area contributed by atoms with Crippen molar-refractivity contribution >= 4 is 17.9 Å². The number of nitrogens with zero attached hydrogens (tertiary/aromatic N) is 1. The number of unbranched alkanes of at least 4 members (excludes halogenated alkanes) is 12. The van der Waals surface area contributed by atoms with Gasteiger partial charge in [-0.15, -0.1) is 0 Å². The molecule has 0 aromatic heterocycles. The fourth-order valence-electron chi connectivity index (χ4n) is 5.24. The lowest BCUT2D eigenvalue weighted by Crippen LogP contribution is -2.50. The molecule has 2 unspecified atom stereocenters. The van der Waals surface area contributed by atoms with Gasteiger partial charge in [0, 0.05) is 19.3 Å². The zero-order chi connectivity index (χ0) is 36.4. The summed E-state index contributed by atoms with van der Waals surface area (Å²) in [4.78, 5) is 36.7. The molecule has 0 bridgehead atoms. The number of quaternary nitrogens is 1. The summed E-state index contributed by atoms with van der Waals surface area (Å²) in [5.41, 5.74) is 0. The lowest BCUT2D eigenvalue weighted by molar-refractivity contribution is -0.887. The van der Waals surface area contributed by atoms with Gasteiger partial charge in [-0.05, 0) is 64.2 Å². The molecule has 0 fully saturated rings. The van der Waals surface area contributed by atoms with E-state index >= 15 is 0 Å². The van der Waals surface area contributed by atoms with E-state index in [4.69, 9.17) is 14.2 Å². The van der Waals surface area contributed by atoms with E-state index in [1.165, 1.54) is 44.9 Å². The van der Waals surface area contributed by atoms with E-state index < -0.39 is 18.1 Å². The molecule has 0 radical (unpaired) electrons. The average Bonchev–Trinajstić information content (AvgIpc) is 3.05. The summed E-state index contributed by atoms with van der Waals surface area (Å²) in [6, 6.07) is -0.623. The minimum absolute atomic E-state index is 0.0380. The highest BCUT2D eigenvalue weighted by molar-refractivity contribution is 5.72. The molecule has 2 atom stereocenters. The maximum absolute atomic E-state index is 12.6. The molecule has 0 aliphatic heterocycles. The van der Waals surface area contributed by atoms with Crippen LogP contribution in [-0.2, 0) is 28.6 Å². The lowest BCUT2D eigenvalue weighted by Gasteiger charge is -2.31. The second kappa shape index (κ2) is 32.5. The van der Waals surface area contributed by atoms with Gasteiger partial charge in [0.05, 0.1) is 34.4 Å². The molecule has 0 saturated carbocycles. The van der Waals surface area contributed by atoms with E-state index in [0.29, 0.717) is 19.3 Å². The SMILES string of the molecule is CC/C=C/C/C=C/CCCCC(=O)OC(COCCC(C(=O)O)[N+](C)(C)C)COC(=O)CCCCC/C=C/C=C/CCCCCCCCC. The molecular formula is C41H72NO7+. The molecule has 0 rings (SSSR count). The van der Waals surface area contributed by atoms with Crippen LogP contribution in [0.15, 0.2) is 48.6 Å². The van der Waals surface area contributed by atoms with Crippen molar-refractivity contribution in [2.24, 2.45) is 0 Å². The van der Waals surface area contributed by atoms with Gasteiger partial charge in [0.25, 0.3) is 0 Å². The highest BCUT2D eigenvalue weighted by atomic mass is 16.6. The fourth-order valence-corrected chi connectivity index (χ4v) is 5.24. The third kappa shape index (κ3) is 31.0. The third-order valence-electron chi connectivity index (χ3n) is 8.24. The molecule has 0 aromatic carbocycles. The standard InChI is InChI=1S/C41H71NO7/c1-6-8-10-12-14-16-17-18-19-20-21-22-24-25-27-29-31-39(43)48-36-37(35-47-34-33-38(41(45)46)42(3,4)5)49-40(44)32-30-28-26-23-15-13-11-9-7-2/h9,11,15,19-23,37-38H,6-8,10,12-14,16-18,24-36H2,1-5H3/p+1/b11-9+,20-19+,22-21+,23-15+. The van der Waals surface area contributed by atoms with Gasteiger partial charge in [-0.2, -0.15) is 0 Å². The molecule has 282 valence electrons. The van der Waals surface area contributed by atoms with Crippen molar-refractivity contribution < 1.29 is 38.2 Å². The van der Waals surface area contributed by atoms with Crippen molar-refractivity contribution in [2.75, 3.05) is 41.0 Å². The van der Waals surface area contributed by atoms with Crippen LogP contribution in [0.1, 0.15) is 142 Å². The zero-order valence-corrected chi connectivity index (χ0v) is 31.9. The van der Waals surface area contributed by atoms with Crippen LogP contribution >= 0.6 is 0 Å².